The van der Waals surface area contributed by atoms with Gasteiger partial charge in [0.05, 0.1) is 17.6 Å². The van der Waals surface area contributed by atoms with Crippen LogP contribution >= 0.6 is 23.1 Å². The lowest BCUT2D eigenvalue weighted by molar-refractivity contribution is -0.0379. The van der Waals surface area contributed by atoms with E-state index in [2.05, 4.69) is 28.4 Å². The summed E-state index contributed by atoms with van der Waals surface area (Å²) in [4.78, 5) is 7.14. The molecule has 0 saturated carbocycles. The third kappa shape index (κ3) is 1.91. The Kier molecular flexibility index (Phi) is 2.83. The van der Waals surface area contributed by atoms with Crippen LogP contribution in [0.2, 0.25) is 0 Å². The molecule has 0 amide bonds. The van der Waals surface area contributed by atoms with Crippen LogP contribution in [0.25, 0.3) is 15.9 Å². The average Bonchev–Trinajstić information content (AvgIpc) is 2.97. The maximum atomic E-state index is 5.93. The summed E-state index contributed by atoms with van der Waals surface area (Å²) >= 11 is 3.35. The van der Waals surface area contributed by atoms with Gasteiger partial charge in [-0.3, -0.25) is 4.40 Å². The highest BCUT2D eigenvalue weighted by atomic mass is 32.2. The van der Waals surface area contributed by atoms with E-state index in [9.17, 15) is 0 Å². The van der Waals surface area contributed by atoms with Gasteiger partial charge in [-0.05, 0) is 32.6 Å². The fraction of sp³-hybridized carbons (Fsp3) is 0.500. The van der Waals surface area contributed by atoms with Gasteiger partial charge in [-0.25, -0.2) is 4.98 Å². The molecule has 0 radical (unpaired) electrons. The number of fused-ring (bicyclic) bond motifs is 5. The fourth-order valence-corrected chi connectivity index (χ4v) is 4.61. The second-order valence-electron chi connectivity index (χ2n) is 5.91. The molecule has 4 rings (SSSR count). The average molecular weight is 320 g/mol. The molecule has 3 aromatic heterocycles. The maximum absolute atomic E-state index is 5.93. The van der Waals surface area contributed by atoms with Crippen molar-refractivity contribution in [2.24, 2.45) is 0 Å². The lowest BCUT2D eigenvalue weighted by atomic mass is 9.94. The Morgan fingerprint density at radius 2 is 2.14 bits per heavy atom. The first kappa shape index (κ1) is 13.5. The Hall–Kier alpha value is -1.18. The van der Waals surface area contributed by atoms with Gasteiger partial charge in [-0.1, -0.05) is 11.8 Å². The number of hydrogen-bond donors (Lipinski definition) is 0. The van der Waals surface area contributed by atoms with Crippen LogP contribution in [0.3, 0.4) is 0 Å². The van der Waals surface area contributed by atoms with Crippen molar-refractivity contribution in [1.29, 1.82) is 0 Å². The van der Waals surface area contributed by atoms with E-state index in [1.807, 2.05) is 13.2 Å². The van der Waals surface area contributed by atoms with Gasteiger partial charge in [0.15, 0.2) is 10.8 Å². The molecular formula is C14H16N4OS2. The summed E-state index contributed by atoms with van der Waals surface area (Å²) in [6, 6.07) is 0. The molecule has 0 spiro atoms. The van der Waals surface area contributed by atoms with Gasteiger partial charge < -0.3 is 4.74 Å². The zero-order valence-electron chi connectivity index (χ0n) is 12.4. The second-order valence-corrected chi connectivity index (χ2v) is 7.77. The highest BCUT2D eigenvalue weighted by Gasteiger charge is 2.31. The maximum Gasteiger partial charge on any atom is 0.176 e. The molecule has 4 heterocycles. The number of nitrogens with zero attached hydrogens (tertiary/aromatic N) is 4. The molecule has 3 aromatic rings. The number of rotatable bonds is 1. The highest BCUT2D eigenvalue weighted by Crippen LogP contribution is 2.40. The van der Waals surface area contributed by atoms with E-state index in [4.69, 9.17) is 9.72 Å². The van der Waals surface area contributed by atoms with Gasteiger partial charge >= 0.3 is 0 Å². The van der Waals surface area contributed by atoms with Crippen molar-refractivity contribution >= 4 is 39.0 Å². The van der Waals surface area contributed by atoms with Crippen molar-refractivity contribution in [3.8, 4) is 0 Å². The zero-order valence-corrected chi connectivity index (χ0v) is 14.1. The number of ether oxygens (including phenoxy) is 1. The molecule has 7 heteroatoms. The normalized spacial score (nSPS) is 17.5. The summed E-state index contributed by atoms with van der Waals surface area (Å²) in [5.74, 6) is 0.884. The molecule has 0 unspecified atom stereocenters. The highest BCUT2D eigenvalue weighted by molar-refractivity contribution is 7.98. The molecule has 0 bridgehead atoms. The SMILES string of the molecule is CSc1nc2sc3c(c2c2nnc(C)n12)CC(C)(C)OC3. The van der Waals surface area contributed by atoms with E-state index < -0.39 is 0 Å². The van der Waals surface area contributed by atoms with Crippen molar-refractivity contribution in [2.75, 3.05) is 6.26 Å². The Labute approximate surface area is 130 Å². The second kappa shape index (κ2) is 4.41. The minimum atomic E-state index is -0.134. The molecule has 0 saturated heterocycles. The van der Waals surface area contributed by atoms with E-state index in [0.717, 1.165) is 33.3 Å². The van der Waals surface area contributed by atoms with Gasteiger partial charge in [-0.2, -0.15) is 0 Å². The first-order valence-electron chi connectivity index (χ1n) is 6.84. The Balaban J connectivity index is 2.12. The van der Waals surface area contributed by atoms with Gasteiger partial charge in [-0.15, -0.1) is 21.5 Å². The van der Waals surface area contributed by atoms with E-state index in [1.165, 1.54) is 10.4 Å². The summed E-state index contributed by atoms with van der Waals surface area (Å²) in [5.41, 5.74) is 2.13. The van der Waals surface area contributed by atoms with Gasteiger partial charge in [0.2, 0.25) is 0 Å². The van der Waals surface area contributed by atoms with Crippen LogP contribution in [-0.2, 0) is 17.8 Å². The predicted octanol–water partition coefficient (Wildman–Crippen LogP) is 3.22. The molecule has 0 aliphatic carbocycles. The summed E-state index contributed by atoms with van der Waals surface area (Å²) < 4.78 is 7.99. The van der Waals surface area contributed by atoms with E-state index >= 15 is 0 Å². The fourth-order valence-electron chi connectivity index (χ4n) is 2.88. The predicted molar refractivity (Wildman–Crippen MR) is 85.3 cm³/mol. The quantitative estimate of drug-likeness (QED) is 0.509. The Morgan fingerprint density at radius 1 is 1.33 bits per heavy atom. The van der Waals surface area contributed by atoms with Crippen molar-refractivity contribution in [1.82, 2.24) is 19.6 Å². The van der Waals surface area contributed by atoms with Crippen LogP contribution in [-0.4, -0.2) is 31.4 Å². The largest absolute Gasteiger partial charge is 0.370 e. The number of hydrogen-bond acceptors (Lipinski definition) is 6. The Morgan fingerprint density at radius 3 is 2.90 bits per heavy atom. The molecule has 1 aliphatic rings. The van der Waals surface area contributed by atoms with Gasteiger partial charge in [0.25, 0.3) is 0 Å². The number of thiophene rings is 1. The van der Waals surface area contributed by atoms with E-state index in [-0.39, 0.29) is 5.60 Å². The minimum absolute atomic E-state index is 0.134. The van der Waals surface area contributed by atoms with Crippen LogP contribution in [0, 0.1) is 6.92 Å². The molecular weight excluding hydrogens is 304 g/mol. The molecule has 1 aliphatic heterocycles. The first-order valence-corrected chi connectivity index (χ1v) is 8.88. The molecule has 0 atom stereocenters. The smallest absolute Gasteiger partial charge is 0.176 e. The summed E-state index contributed by atoms with van der Waals surface area (Å²) in [5, 5.41) is 10.8. The van der Waals surface area contributed by atoms with Crippen molar-refractivity contribution < 1.29 is 4.74 Å². The molecule has 110 valence electrons. The molecule has 0 N–H and O–H groups in total. The minimum Gasteiger partial charge on any atom is -0.370 e. The van der Waals surface area contributed by atoms with Crippen LogP contribution in [0.15, 0.2) is 5.16 Å². The lowest BCUT2D eigenvalue weighted by Crippen LogP contribution is -2.31. The standard InChI is InChI=1S/C14H16N4OS2/c1-7-16-17-11-10-8-5-14(2,3)19-6-9(8)21-12(10)15-13(20-4)18(7)11/h5-6H2,1-4H3. The van der Waals surface area contributed by atoms with Crippen molar-refractivity contribution in [2.45, 2.75) is 44.6 Å². The number of aromatic nitrogens is 4. The van der Waals surface area contributed by atoms with Crippen molar-refractivity contribution in [3.63, 3.8) is 0 Å². The Bertz CT molecular complexity index is 865. The molecule has 21 heavy (non-hydrogen) atoms. The lowest BCUT2D eigenvalue weighted by Gasteiger charge is -2.30. The molecule has 0 aromatic carbocycles. The number of aryl methyl sites for hydroxylation is 1. The van der Waals surface area contributed by atoms with E-state index in [1.54, 1.807) is 23.1 Å². The molecule has 0 fully saturated rings. The van der Waals surface area contributed by atoms with Gasteiger partial charge in [0, 0.05) is 11.3 Å². The topological polar surface area (TPSA) is 52.3 Å². The molecule has 5 nitrogen and oxygen atoms in total. The zero-order chi connectivity index (χ0) is 14.8. The summed E-state index contributed by atoms with van der Waals surface area (Å²) in [6.45, 7) is 6.90. The van der Waals surface area contributed by atoms with Crippen LogP contribution < -0.4 is 0 Å². The van der Waals surface area contributed by atoms with Crippen LogP contribution in [0.4, 0.5) is 0 Å². The summed E-state index contributed by atoms with van der Waals surface area (Å²) in [6.07, 6.45) is 2.93. The first-order chi connectivity index (χ1) is 10.00. The van der Waals surface area contributed by atoms with Gasteiger partial charge in [0.1, 0.15) is 10.7 Å². The third-order valence-corrected chi connectivity index (χ3v) is 5.63. The van der Waals surface area contributed by atoms with E-state index in [0.29, 0.717) is 6.61 Å². The van der Waals surface area contributed by atoms with Crippen LogP contribution in [0.5, 0.6) is 0 Å². The summed E-state index contributed by atoms with van der Waals surface area (Å²) in [7, 11) is 0. The van der Waals surface area contributed by atoms with Crippen LogP contribution in [0.1, 0.15) is 30.1 Å². The van der Waals surface area contributed by atoms with Crippen molar-refractivity contribution in [3.05, 3.63) is 16.3 Å². The third-order valence-electron chi connectivity index (χ3n) is 3.89. The monoisotopic (exact) mass is 320 g/mol. The number of thioether (sulfide) groups is 1.